The number of rotatable bonds is 4. The van der Waals surface area contributed by atoms with Gasteiger partial charge in [-0.05, 0) is 12.1 Å². The van der Waals surface area contributed by atoms with Gasteiger partial charge in [-0.15, -0.1) is 0 Å². The number of carbonyl (C=O) groups is 1. The molecule has 0 aliphatic carbocycles. The van der Waals surface area contributed by atoms with Crippen molar-refractivity contribution in [3.05, 3.63) is 47.0 Å². The molecule has 0 unspecified atom stereocenters. The van der Waals surface area contributed by atoms with E-state index in [4.69, 9.17) is 16.3 Å². The summed E-state index contributed by atoms with van der Waals surface area (Å²) < 4.78 is 7.40. The molecule has 0 fully saturated rings. The first-order valence-electron chi connectivity index (χ1n) is 5.04. The Hall–Kier alpha value is -1.81. The molecule has 0 radical (unpaired) electrons. The van der Waals surface area contributed by atoms with Crippen LogP contribution in [0.25, 0.3) is 0 Å². The van der Waals surface area contributed by atoms with Crippen LogP contribution in [-0.4, -0.2) is 15.8 Å². The van der Waals surface area contributed by atoms with Crippen LogP contribution in [0.5, 0.6) is 5.75 Å². The summed E-state index contributed by atoms with van der Waals surface area (Å²) >= 11 is 5.98. The van der Waals surface area contributed by atoms with Gasteiger partial charge in [0.25, 0.3) is 0 Å². The predicted octanol–water partition coefficient (Wildman–Crippen LogP) is 2.47. The maximum atomic E-state index is 10.9. The Bertz CT molecular complexity index is 537. The number of aromatic nitrogens is 2. The molecule has 0 atom stereocenters. The molecule has 4 nitrogen and oxygen atoms in total. The molecule has 0 aliphatic heterocycles. The Morgan fingerprint density at radius 2 is 2.35 bits per heavy atom. The zero-order chi connectivity index (χ0) is 12.3. The van der Waals surface area contributed by atoms with Crippen LogP contribution < -0.4 is 4.74 Å². The van der Waals surface area contributed by atoms with Crippen molar-refractivity contribution in [3.8, 4) is 5.75 Å². The lowest BCUT2D eigenvalue weighted by Gasteiger charge is -2.10. The van der Waals surface area contributed by atoms with Gasteiger partial charge >= 0.3 is 0 Å². The van der Waals surface area contributed by atoms with Gasteiger partial charge in [0.05, 0.1) is 28.8 Å². The fourth-order valence-corrected chi connectivity index (χ4v) is 1.68. The fraction of sp³-hybridized carbons (Fsp3) is 0.167. The quantitative estimate of drug-likeness (QED) is 0.783. The molecule has 0 saturated carbocycles. The van der Waals surface area contributed by atoms with Crippen LogP contribution in [0.3, 0.4) is 0 Å². The minimum absolute atomic E-state index is 0.321. The molecule has 17 heavy (non-hydrogen) atoms. The number of benzene rings is 1. The lowest BCUT2D eigenvalue weighted by Crippen LogP contribution is -2.03. The van der Waals surface area contributed by atoms with E-state index in [0.717, 1.165) is 12.0 Å². The van der Waals surface area contributed by atoms with Crippen molar-refractivity contribution in [1.82, 2.24) is 9.55 Å². The topological polar surface area (TPSA) is 44.1 Å². The molecule has 0 amide bonds. The van der Waals surface area contributed by atoms with Crippen LogP contribution >= 0.6 is 11.6 Å². The summed E-state index contributed by atoms with van der Waals surface area (Å²) in [6, 6.07) is 5.06. The Balaban J connectivity index is 2.19. The van der Waals surface area contributed by atoms with Gasteiger partial charge in [0, 0.05) is 7.05 Å². The van der Waals surface area contributed by atoms with Gasteiger partial charge in [-0.3, -0.25) is 4.79 Å². The number of aryl methyl sites for hydroxylation is 1. The number of hydrogen-bond donors (Lipinski definition) is 0. The van der Waals surface area contributed by atoms with Crippen LogP contribution in [0.2, 0.25) is 5.02 Å². The largest absolute Gasteiger partial charge is 0.485 e. The number of nitrogens with zero attached hydrogens (tertiary/aromatic N) is 2. The summed E-state index contributed by atoms with van der Waals surface area (Å²) in [5, 5.41) is 0.428. The molecule has 0 N–H and O–H groups in total. The van der Waals surface area contributed by atoms with E-state index >= 15 is 0 Å². The summed E-state index contributed by atoms with van der Waals surface area (Å²) in [6.45, 7) is 0.321. The van der Waals surface area contributed by atoms with Crippen LogP contribution in [0.15, 0.2) is 30.7 Å². The molecular weight excluding hydrogens is 240 g/mol. The average molecular weight is 251 g/mol. The second-order valence-electron chi connectivity index (χ2n) is 3.56. The Labute approximate surface area is 104 Å². The molecule has 1 heterocycles. The van der Waals surface area contributed by atoms with Crippen molar-refractivity contribution < 1.29 is 9.53 Å². The second kappa shape index (κ2) is 5.01. The first-order valence-corrected chi connectivity index (χ1v) is 5.42. The second-order valence-corrected chi connectivity index (χ2v) is 3.97. The van der Waals surface area contributed by atoms with Gasteiger partial charge in [0.2, 0.25) is 0 Å². The SMILES string of the molecule is Cn1cncc1COc1c(Cl)cccc1C=O. The molecule has 0 bridgehead atoms. The maximum absolute atomic E-state index is 10.9. The third-order valence-electron chi connectivity index (χ3n) is 2.41. The summed E-state index contributed by atoms with van der Waals surface area (Å²) in [6.07, 6.45) is 4.12. The summed E-state index contributed by atoms with van der Waals surface area (Å²) in [7, 11) is 1.87. The number of ether oxygens (including phenoxy) is 1. The van der Waals surface area contributed by atoms with E-state index in [-0.39, 0.29) is 0 Å². The van der Waals surface area contributed by atoms with Gasteiger partial charge in [-0.2, -0.15) is 0 Å². The van der Waals surface area contributed by atoms with Crippen molar-refractivity contribution in [2.24, 2.45) is 7.05 Å². The maximum Gasteiger partial charge on any atom is 0.153 e. The van der Waals surface area contributed by atoms with Crippen molar-refractivity contribution in [2.45, 2.75) is 6.61 Å². The smallest absolute Gasteiger partial charge is 0.153 e. The minimum Gasteiger partial charge on any atom is -0.485 e. The number of carbonyl (C=O) groups excluding carboxylic acids is 1. The number of para-hydroxylation sites is 1. The third kappa shape index (κ3) is 2.47. The van der Waals surface area contributed by atoms with E-state index in [1.165, 1.54) is 0 Å². The highest BCUT2D eigenvalue weighted by Crippen LogP contribution is 2.28. The van der Waals surface area contributed by atoms with E-state index in [1.54, 1.807) is 30.7 Å². The van der Waals surface area contributed by atoms with Gasteiger partial charge in [-0.25, -0.2) is 4.98 Å². The first kappa shape index (κ1) is 11.7. The highest BCUT2D eigenvalue weighted by molar-refractivity contribution is 6.32. The zero-order valence-corrected chi connectivity index (χ0v) is 10.0. The predicted molar refractivity (Wildman–Crippen MR) is 64.4 cm³/mol. The molecule has 0 spiro atoms. The summed E-state index contributed by atoms with van der Waals surface area (Å²) in [5.74, 6) is 0.408. The van der Waals surface area contributed by atoms with Crippen LogP contribution in [0.4, 0.5) is 0 Å². The van der Waals surface area contributed by atoms with Crippen molar-refractivity contribution >= 4 is 17.9 Å². The van der Waals surface area contributed by atoms with Crippen LogP contribution in [0.1, 0.15) is 16.1 Å². The molecule has 1 aromatic carbocycles. The Morgan fingerprint density at radius 1 is 1.53 bits per heavy atom. The molecule has 5 heteroatoms. The average Bonchev–Trinajstić information content (AvgIpc) is 2.73. The highest BCUT2D eigenvalue weighted by Gasteiger charge is 2.08. The number of hydrogen-bond acceptors (Lipinski definition) is 3. The molecular formula is C12H11ClN2O2. The van der Waals surface area contributed by atoms with Gasteiger partial charge < -0.3 is 9.30 Å². The summed E-state index contributed by atoms with van der Waals surface area (Å²) in [4.78, 5) is 14.8. The number of imidazole rings is 1. The number of aldehydes is 1. The van der Waals surface area contributed by atoms with E-state index in [9.17, 15) is 4.79 Å². The number of halogens is 1. The normalized spacial score (nSPS) is 10.2. The van der Waals surface area contributed by atoms with E-state index in [1.807, 2.05) is 11.6 Å². The Morgan fingerprint density at radius 3 is 3.00 bits per heavy atom. The monoisotopic (exact) mass is 250 g/mol. The van der Waals surface area contributed by atoms with E-state index < -0.39 is 0 Å². The van der Waals surface area contributed by atoms with Gasteiger partial charge in [0.1, 0.15) is 12.4 Å². The van der Waals surface area contributed by atoms with Crippen molar-refractivity contribution in [2.75, 3.05) is 0 Å². The van der Waals surface area contributed by atoms with Crippen LogP contribution in [0, 0.1) is 0 Å². The van der Waals surface area contributed by atoms with Gasteiger partial charge in [-0.1, -0.05) is 17.7 Å². The molecule has 0 aliphatic rings. The van der Waals surface area contributed by atoms with Gasteiger partial charge in [0.15, 0.2) is 6.29 Å². The van der Waals surface area contributed by atoms with Crippen LogP contribution in [-0.2, 0) is 13.7 Å². The van der Waals surface area contributed by atoms with E-state index in [2.05, 4.69) is 4.98 Å². The molecule has 2 rings (SSSR count). The first-order chi connectivity index (χ1) is 8.22. The van der Waals surface area contributed by atoms with Crippen molar-refractivity contribution in [1.29, 1.82) is 0 Å². The zero-order valence-electron chi connectivity index (χ0n) is 9.26. The molecule has 88 valence electrons. The minimum atomic E-state index is 0.321. The Kier molecular flexibility index (Phi) is 3.44. The fourth-order valence-electron chi connectivity index (χ4n) is 1.44. The molecule has 2 aromatic rings. The lowest BCUT2D eigenvalue weighted by molar-refractivity contribution is 0.111. The van der Waals surface area contributed by atoms with E-state index in [0.29, 0.717) is 22.9 Å². The highest BCUT2D eigenvalue weighted by atomic mass is 35.5. The third-order valence-corrected chi connectivity index (χ3v) is 2.70. The van der Waals surface area contributed by atoms with Crippen molar-refractivity contribution in [3.63, 3.8) is 0 Å². The lowest BCUT2D eigenvalue weighted by atomic mass is 10.2. The summed E-state index contributed by atoms with van der Waals surface area (Å²) in [5.41, 5.74) is 1.35. The standard InChI is InChI=1S/C12H11ClN2O2/c1-15-8-14-5-10(15)7-17-12-9(6-16)3-2-4-11(12)13/h2-6,8H,7H2,1H3. The molecule has 1 aromatic heterocycles. The molecule has 0 saturated heterocycles.